The quantitative estimate of drug-likeness (QED) is 0.641. The molecule has 5 nitrogen and oxygen atoms in total. The molecule has 0 aliphatic carbocycles. The number of hydrogen-bond acceptors (Lipinski definition) is 5. The van der Waals surface area contributed by atoms with Crippen molar-refractivity contribution >= 4 is 17.7 Å². The molecule has 0 bridgehead atoms. The van der Waals surface area contributed by atoms with Crippen LogP contribution in [0.4, 0.5) is 4.39 Å². The van der Waals surface area contributed by atoms with E-state index in [-0.39, 0.29) is 12.2 Å². The Kier molecular flexibility index (Phi) is 7.04. The van der Waals surface area contributed by atoms with Crippen LogP contribution in [0.15, 0.2) is 60.7 Å². The molecule has 0 saturated carbocycles. The van der Waals surface area contributed by atoms with Crippen LogP contribution in [-0.4, -0.2) is 36.1 Å². The molecule has 0 N–H and O–H groups in total. The molecular formula is C22H23FO5. The predicted octanol–water partition coefficient (Wildman–Crippen LogP) is 4.02. The number of hydrogen-bond donors (Lipinski definition) is 0. The number of carbonyl (C=O) groups is 3. The maximum atomic E-state index is 15.1. The largest absolute Gasteiger partial charge is 0.462 e. The van der Waals surface area contributed by atoms with E-state index >= 15 is 4.39 Å². The number of alkyl halides is 1. The number of Topliss-reactive ketones (excluding diaryl/α,β-unsaturated/α-hetero) is 1. The van der Waals surface area contributed by atoms with Gasteiger partial charge in [-0.25, -0.2) is 14.0 Å². The van der Waals surface area contributed by atoms with E-state index in [1.54, 1.807) is 55.5 Å². The molecule has 0 aromatic heterocycles. The molecule has 0 fully saturated rings. The maximum absolute atomic E-state index is 15.1. The zero-order valence-electron chi connectivity index (χ0n) is 16.1. The van der Waals surface area contributed by atoms with Crippen molar-refractivity contribution in [2.75, 3.05) is 6.61 Å². The second-order valence-electron chi connectivity index (χ2n) is 6.77. The Morgan fingerprint density at radius 3 is 1.86 bits per heavy atom. The van der Waals surface area contributed by atoms with Gasteiger partial charge in [0.1, 0.15) is 6.10 Å². The van der Waals surface area contributed by atoms with Crippen molar-refractivity contribution in [2.24, 2.45) is 5.92 Å². The Balaban J connectivity index is 2.13. The van der Waals surface area contributed by atoms with E-state index in [4.69, 9.17) is 9.47 Å². The highest BCUT2D eigenvalue weighted by molar-refractivity contribution is 5.91. The third kappa shape index (κ3) is 5.25. The van der Waals surface area contributed by atoms with Gasteiger partial charge in [0.15, 0.2) is 5.78 Å². The molecule has 28 heavy (non-hydrogen) atoms. The first-order chi connectivity index (χ1) is 13.2. The monoisotopic (exact) mass is 386 g/mol. The molecule has 0 saturated heterocycles. The van der Waals surface area contributed by atoms with Crippen molar-refractivity contribution in [1.82, 2.24) is 0 Å². The van der Waals surface area contributed by atoms with Crippen LogP contribution in [0, 0.1) is 5.92 Å². The normalized spacial score (nSPS) is 15.0. The van der Waals surface area contributed by atoms with Gasteiger partial charge >= 0.3 is 11.9 Å². The van der Waals surface area contributed by atoms with E-state index < -0.39 is 35.4 Å². The van der Waals surface area contributed by atoms with Crippen molar-refractivity contribution in [1.29, 1.82) is 0 Å². The van der Waals surface area contributed by atoms with Gasteiger partial charge in [0.2, 0.25) is 5.67 Å². The average molecular weight is 386 g/mol. The second kappa shape index (κ2) is 9.26. The van der Waals surface area contributed by atoms with E-state index in [0.29, 0.717) is 5.56 Å². The summed E-state index contributed by atoms with van der Waals surface area (Å²) in [6.07, 6.45) is -1.42. The fourth-order valence-corrected chi connectivity index (χ4v) is 2.67. The highest BCUT2D eigenvalue weighted by Crippen LogP contribution is 2.28. The summed E-state index contributed by atoms with van der Waals surface area (Å²) < 4.78 is 25.6. The van der Waals surface area contributed by atoms with Gasteiger partial charge in [-0.3, -0.25) is 4.79 Å². The molecule has 3 atom stereocenters. The summed E-state index contributed by atoms with van der Waals surface area (Å²) in [5.41, 5.74) is -1.84. The Hall–Kier alpha value is -3.02. The maximum Gasteiger partial charge on any atom is 0.338 e. The molecule has 0 heterocycles. The minimum atomic E-state index is -2.43. The fourth-order valence-electron chi connectivity index (χ4n) is 2.67. The van der Waals surface area contributed by atoms with Gasteiger partial charge in [0.05, 0.1) is 17.7 Å². The lowest BCUT2D eigenvalue weighted by Crippen LogP contribution is -2.49. The van der Waals surface area contributed by atoms with Gasteiger partial charge in [0.25, 0.3) is 0 Å². The summed E-state index contributed by atoms with van der Waals surface area (Å²) in [6.45, 7) is 3.50. The van der Waals surface area contributed by atoms with Crippen molar-refractivity contribution in [3.8, 4) is 0 Å². The highest BCUT2D eigenvalue weighted by atomic mass is 19.1. The predicted molar refractivity (Wildman–Crippen MR) is 102 cm³/mol. The molecule has 0 aliphatic rings. The van der Waals surface area contributed by atoms with E-state index in [9.17, 15) is 14.4 Å². The van der Waals surface area contributed by atoms with Crippen LogP contribution in [0.5, 0.6) is 0 Å². The van der Waals surface area contributed by atoms with Crippen LogP contribution >= 0.6 is 0 Å². The first kappa shape index (κ1) is 21.3. The summed E-state index contributed by atoms with van der Waals surface area (Å²) in [4.78, 5) is 36.3. The van der Waals surface area contributed by atoms with Crippen molar-refractivity contribution in [2.45, 2.75) is 32.5 Å². The van der Waals surface area contributed by atoms with E-state index in [0.717, 1.165) is 13.8 Å². The lowest BCUT2D eigenvalue weighted by molar-refractivity contribution is -0.139. The summed E-state index contributed by atoms with van der Waals surface area (Å²) >= 11 is 0. The number of esters is 2. The molecule has 0 unspecified atom stereocenters. The van der Waals surface area contributed by atoms with Crippen LogP contribution in [0.25, 0.3) is 0 Å². The average Bonchev–Trinajstić information content (AvgIpc) is 2.70. The molecule has 2 aromatic rings. The zero-order valence-corrected chi connectivity index (χ0v) is 16.1. The van der Waals surface area contributed by atoms with Crippen LogP contribution in [0.3, 0.4) is 0 Å². The smallest absolute Gasteiger partial charge is 0.338 e. The molecule has 0 aliphatic heterocycles. The van der Waals surface area contributed by atoms with Crippen LogP contribution in [0.2, 0.25) is 0 Å². The zero-order chi connectivity index (χ0) is 20.7. The summed E-state index contributed by atoms with van der Waals surface area (Å²) in [6, 6.07) is 16.4. The number of carbonyl (C=O) groups excluding carboxylic acids is 3. The van der Waals surface area contributed by atoms with Crippen molar-refractivity contribution in [3.05, 3.63) is 71.8 Å². The summed E-state index contributed by atoms with van der Waals surface area (Å²) in [5.74, 6) is -2.86. The third-order valence-electron chi connectivity index (χ3n) is 4.47. The number of benzene rings is 2. The van der Waals surface area contributed by atoms with Crippen LogP contribution < -0.4 is 0 Å². The molecule has 2 rings (SSSR count). The number of halogens is 1. The van der Waals surface area contributed by atoms with Crippen LogP contribution in [-0.2, 0) is 14.3 Å². The van der Waals surface area contributed by atoms with Gasteiger partial charge < -0.3 is 9.47 Å². The SMILES string of the molecule is CC(=O)[C@](C)(F)[C@H](OC(=O)c1ccccc1)[C@H](C)COC(=O)c1ccccc1. The van der Waals surface area contributed by atoms with E-state index in [2.05, 4.69) is 0 Å². The molecule has 148 valence electrons. The topological polar surface area (TPSA) is 69.7 Å². The Morgan fingerprint density at radius 2 is 1.39 bits per heavy atom. The molecule has 0 spiro atoms. The minimum Gasteiger partial charge on any atom is -0.462 e. The van der Waals surface area contributed by atoms with Crippen molar-refractivity contribution in [3.63, 3.8) is 0 Å². The highest BCUT2D eigenvalue weighted by Gasteiger charge is 2.45. The Morgan fingerprint density at radius 1 is 0.929 bits per heavy atom. The molecule has 0 amide bonds. The van der Waals surface area contributed by atoms with Gasteiger partial charge in [-0.15, -0.1) is 0 Å². The van der Waals surface area contributed by atoms with Crippen molar-refractivity contribution < 1.29 is 28.2 Å². The second-order valence-corrected chi connectivity index (χ2v) is 6.77. The van der Waals surface area contributed by atoms with Gasteiger partial charge in [-0.1, -0.05) is 43.3 Å². The van der Waals surface area contributed by atoms with Gasteiger partial charge in [-0.05, 0) is 38.1 Å². The van der Waals surface area contributed by atoms with Crippen LogP contribution in [0.1, 0.15) is 41.5 Å². The standard InChI is InChI=1S/C22H23FO5/c1-15(14-27-20(25)17-10-6-4-7-11-17)19(22(3,23)16(2)24)28-21(26)18-12-8-5-9-13-18/h4-13,15,19H,14H2,1-3H3/t15-,19-,22+/m1/s1. The first-order valence-electron chi connectivity index (χ1n) is 8.91. The molecule has 0 radical (unpaired) electrons. The number of rotatable bonds is 8. The molecule has 2 aromatic carbocycles. The van der Waals surface area contributed by atoms with Gasteiger partial charge in [0, 0.05) is 5.92 Å². The fraction of sp³-hybridized carbons (Fsp3) is 0.318. The summed E-state index contributed by atoms with van der Waals surface area (Å²) in [7, 11) is 0. The van der Waals surface area contributed by atoms with E-state index in [1.165, 1.54) is 12.1 Å². The number of ketones is 1. The Bertz CT molecular complexity index is 817. The van der Waals surface area contributed by atoms with E-state index in [1.807, 2.05) is 0 Å². The summed E-state index contributed by atoms with van der Waals surface area (Å²) in [5, 5.41) is 0. The third-order valence-corrected chi connectivity index (χ3v) is 4.47. The number of ether oxygens (including phenoxy) is 2. The minimum absolute atomic E-state index is 0.215. The molecular weight excluding hydrogens is 363 g/mol. The lowest BCUT2D eigenvalue weighted by Gasteiger charge is -2.32. The Labute approximate surface area is 163 Å². The first-order valence-corrected chi connectivity index (χ1v) is 8.91. The molecule has 6 heteroatoms. The lowest BCUT2D eigenvalue weighted by atomic mass is 9.88. The van der Waals surface area contributed by atoms with Gasteiger partial charge in [-0.2, -0.15) is 0 Å².